The molecule has 2 heterocycles. The second-order valence-electron chi connectivity index (χ2n) is 6.07. The van der Waals surface area contributed by atoms with Gasteiger partial charge in [-0.1, -0.05) is 18.2 Å². The molecule has 3 aromatic rings. The number of rotatable bonds is 4. The maximum atomic E-state index is 10.9. The predicted molar refractivity (Wildman–Crippen MR) is 92.8 cm³/mol. The summed E-state index contributed by atoms with van der Waals surface area (Å²) in [5.74, 6) is -0.522. The van der Waals surface area contributed by atoms with E-state index in [-0.39, 0.29) is 0 Å². The molecule has 0 saturated carbocycles. The number of hydrogen-bond acceptors (Lipinski definition) is 4. The van der Waals surface area contributed by atoms with Crippen molar-refractivity contribution in [2.75, 3.05) is 0 Å². The first-order valence-electron chi connectivity index (χ1n) is 7.49. The van der Waals surface area contributed by atoms with E-state index in [1.165, 1.54) is 6.08 Å². The molecule has 4 N–H and O–H groups in total. The minimum atomic E-state index is -0.934. The Morgan fingerprint density at radius 2 is 2.17 bits per heavy atom. The topological polar surface area (TPSA) is 105 Å². The molecule has 0 bridgehead atoms. The van der Waals surface area contributed by atoms with E-state index >= 15 is 0 Å². The van der Waals surface area contributed by atoms with Crippen molar-refractivity contribution in [1.29, 1.82) is 0 Å². The summed E-state index contributed by atoms with van der Waals surface area (Å²) in [5, 5.41) is 10.2. The number of amides is 1. The van der Waals surface area contributed by atoms with E-state index in [9.17, 15) is 9.90 Å². The summed E-state index contributed by atoms with van der Waals surface area (Å²) in [5.41, 5.74) is 8.55. The molecule has 122 valence electrons. The highest BCUT2D eigenvalue weighted by Gasteiger charge is 2.16. The first kappa shape index (κ1) is 15.9. The largest absolute Gasteiger partial charge is 0.386 e. The normalized spacial score (nSPS) is 12.1. The maximum Gasteiger partial charge on any atom is 0.241 e. The summed E-state index contributed by atoms with van der Waals surface area (Å²) in [7, 11) is 0. The molecule has 0 saturated heterocycles. The fraction of sp³-hybridized carbons (Fsp3) is 0.167. The van der Waals surface area contributed by atoms with Gasteiger partial charge in [0.25, 0.3) is 0 Å². The maximum absolute atomic E-state index is 10.9. The molecule has 6 heteroatoms. The Kier molecular flexibility index (Phi) is 3.91. The van der Waals surface area contributed by atoms with E-state index in [2.05, 4.69) is 15.0 Å². The fourth-order valence-corrected chi connectivity index (χ4v) is 2.41. The summed E-state index contributed by atoms with van der Waals surface area (Å²) < 4.78 is 0. The molecular formula is C18H18N4O2. The van der Waals surface area contributed by atoms with E-state index in [0.29, 0.717) is 16.9 Å². The SMILES string of the molecule is CC(C)(O)c1cccc(-c2cnc3[nH]cc(C=CC(N)=O)c3n2)c1. The molecule has 0 atom stereocenters. The number of aromatic nitrogens is 3. The second kappa shape index (κ2) is 5.90. The number of aliphatic hydroxyl groups is 1. The Balaban J connectivity index is 2.08. The van der Waals surface area contributed by atoms with Gasteiger partial charge in [-0.3, -0.25) is 4.79 Å². The molecule has 1 amide bonds. The summed E-state index contributed by atoms with van der Waals surface area (Å²) in [4.78, 5) is 22.9. The first-order chi connectivity index (χ1) is 11.3. The minimum Gasteiger partial charge on any atom is -0.386 e. The highest BCUT2D eigenvalue weighted by molar-refractivity contribution is 5.93. The Morgan fingerprint density at radius 3 is 2.88 bits per heavy atom. The van der Waals surface area contributed by atoms with Crippen LogP contribution >= 0.6 is 0 Å². The molecule has 0 aliphatic carbocycles. The Morgan fingerprint density at radius 1 is 1.38 bits per heavy atom. The number of carbonyl (C=O) groups excluding carboxylic acids is 1. The fourth-order valence-electron chi connectivity index (χ4n) is 2.41. The van der Waals surface area contributed by atoms with Crippen LogP contribution < -0.4 is 5.73 Å². The highest BCUT2D eigenvalue weighted by atomic mass is 16.3. The average Bonchev–Trinajstić information content (AvgIpc) is 2.94. The van der Waals surface area contributed by atoms with Gasteiger partial charge in [0.1, 0.15) is 5.52 Å². The monoisotopic (exact) mass is 322 g/mol. The van der Waals surface area contributed by atoms with E-state index in [0.717, 1.165) is 16.7 Å². The van der Waals surface area contributed by atoms with Crippen molar-refractivity contribution in [2.45, 2.75) is 19.4 Å². The van der Waals surface area contributed by atoms with Gasteiger partial charge in [0.05, 0.1) is 17.5 Å². The molecule has 24 heavy (non-hydrogen) atoms. The van der Waals surface area contributed by atoms with E-state index in [4.69, 9.17) is 5.73 Å². The van der Waals surface area contributed by atoms with Crippen molar-refractivity contribution in [3.8, 4) is 11.3 Å². The number of fused-ring (bicyclic) bond motifs is 1. The Bertz CT molecular complexity index is 936. The first-order valence-corrected chi connectivity index (χ1v) is 7.49. The third-order valence-electron chi connectivity index (χ3n) is 3.70. The molecule has 6 nitrogen and oxygen atoms in total. The van der Waals surface area contributed by atoms with Crippen molar-refractivity contribution in [2.24, 2.45) is 5.73 Å². The van der Waals surface area contributed by atoms with Crippen molar-refractivity contribution in [1.82, 2.24) is 15.0 Å². The standard InChI is InChI=1S/C18H18N4O2/c1-18(2,24)13-5-3-4-11(8-13)14-10-21-17-16(22-14)12(9-20-17)6-7-15(19)23/h3-10,24H,1-2H3,(H2,19,23)(H,20,21). The molecule has 3 rings (SSSR count). The van der Waals surface area contributed by atoms with Gasteiger partial charge >= 0.3 is 0 Å². The Labute approximate surface area is 139 Å². The van der Waals surface area contributed by atoms with Crippen molar-refractivity contribution >= 4 is 23.1 Å². The lowest BCUT2D eigenvalue weighted by Gasteiger charge is -2.18. The second-order valence-corrected chi connectivity index (χ2v) is 6.07. The number of H-pyrrole nitrogens is 1. The van der Waals surface area contributed by atoms with E-state index in [1.807, 2.05) is 24.3 Å². The molecule has 0 radical (unpaired) electrons. The number of nitrogens with one attached hydrogen (secondary N) is 1. The number of nitrogens with zero attached hydrogens (tertiary/aromatic N) is 2. The van der Waals surface area contributed by atoms with Crippen LogP contribution in [0.5, 0.6) is 0 Å². The van der Waals surface area contributed by atoms with Gasteiger partial charge in [0.2, 0.25) is 5.91 Å². The number of hydrogen-bond donors (Lipinski definition) is 3. The van der Waals surface area contributed by atoms with Crippen molar-refractivity contribution in [3.63, 3.8) is 0 Å². The molecule has 1 aromatic carbocycles. The lowest BCUT2D eigenvalue weighted by Crippen LogP contribution is -2.15. The number of primary amides is 1. The Hall–Kier alpha value is -2.99. The van der Waals surface area contributed by atoms with Crippen molar-refractivity contribution in [3.05, 3.63) is 53.9 Å². The summed E-state index contributed by atoms with van der Waals surface area (Å²) in [6, 6.07) is 7.55. The van der Waals surface area contributed by atoms with Crippen LogP contribution in [-0.2, 0) is 10.4 Å². The quantitative estimate of drug-likeness (QED) is 0.641. The molecule has 0 aliphatic heterocycles. The van der Waals surface area contributed by atoms with Gasteiger partial charge in [-0.05, 0) is 31.6 Å². The van der Waals surface area contributed by atoms with Crippen LogP contribution in [0.3, 0.4) is 0 Å². The molecular weight excluding hydrogens is 304 g/mol. The molecule has 2 aromatic heterocycles. The molecule has 0 aliphatic rings. The number of benzene rings is 1. The van der Waals surface area contributed by atoms with E-state index in [1.54, 1.807) is 32.3 Å². The van der Waals surface area contributed by atoms with Crippen LogP contribution in [0.1, 0.15) is 25.0 Å². The number of carbonyl (C=O) groups is 1. The zero-order chi connectivity index (χ0) is 17.3. The van der Waals surface area contributed by atoms with Gasteiger partial charge < -0.3 is 15.8 Å². The predicted octanol–water partition coefficient (Wildman–Crippen LogP) is 2.35. The average molecular weight is 322 g/mol. The van der Waals surface area contributed by atoms with Crippen LogP contribution in [0.2, 0.25) is 0 Å². The number of aromatic amines is 1. The van der Waals surface area contributed by atoms with Gasteiger partial charge in [0.15, 0.2) is 5.65 Å². The molecule has 0 unspecified atom stereocenters. The smallest absolute Gasteiger partial charge is 0.241 e. The van der Waals surface area contributed by atoms with Gasteiger partial charge in [-0.15, -0.1) is 0 Å². The van der Waals surface area contributed by atoms with Crippen LogP contribution in [0.4, 0.5) is 0 Å². The van der Waals surface area contributed by atoms with Gasteiger partial charge in [-0.2, -0.15) is 0 Å². The summed E-state index contributed by atoms with van der Waals surface area (Å²) in [6.07, 6.45) is 6.28. The van der Waals surface area contributed by atoms with Crippen LogP contribution in [0.15, 0.2) is 42.7 Å². The lowest BCUT2D eigenvalue weighted by atomic mass is 9.96. The van der Waals surface area contributed by atoms with Crippen LogP contribution in [0.25, 0.3) is 28.5 Å². The third kappa shape index (κ3) is 3.18. The van der Waals surface area contributed by atoms with Crippen molar-refractivity contribution < 1.29 is 9.90 Å². The highest BCUT2D eigenvalue weighted by Crippen LogP contribution is 2.26. The summed E-state index contributed by atoms with van der Waals surface area (Å²) in [6.45, 7) is 3.47. The van der Waals surface area contributed by atoms with Gasteiger partial charge in [-0.25, -0.2) is 9.97 Å². The zero-order valence-corrected chi connectivity index (χ0v) is 13.4. The van der Waals surface area contributed by atoms with Crippen LogP contribution in [-0.4, -0.2) is 26.0 Å². The van der Waals surface area contributed by atoms with E-state index < -0.39 is 11.5 Å². The molecule has 0 fully saturated rings. The third-order valence-corrected chi connectivity index (χ3v) is 3.70. The lowest BCUT2D eigenvalue weighted by molar-refractivity contribution is -0.113. The minimum absolute atomic E-state index is 0.522. The van der Waals surface area contributed by atoms with Crippen LogP contribution in [0, 0.1) is 0 Å². The van der Waals surface area contributed by atoms with Gasteiger partial charge in [0, 0.05) is 23.4 Å². The summed E-state index contributed by atoms with van der Waals surface area (Å²) >= 11 is 0. The number of nitrogens with two attached hydrogens (primary N) is 1. The molecule has 0 spiro atoms. The zero-order valence-electron chi connectivity index (χ0n) is 13.4.